The highest BCUT2D eigenvalue weighted by Gasteiger charge is 2.16. The third kappa shape index (κ3) is 4.04. The van der Waals surface area contributed by atoms with Gasteiger partial charge in [-0.15, -0.1) is 0 Å². The Labute approximate surface area is 159 Å². The van der Waals surface area contributed by atoms with Crippen LogP contribution in [0.2, 0.25) is 0 Å². The molecule has 1 amide bonds. The maximum Gasteiger partial charge on any atom is 0.275 e. The molecule has 1 N–H and O–H groups in total. The van der Waals surface area contributed by atoms with Gasteiger partial charge in [0.25, 0.3) is 11.2 Å². The summed E-state index contributed by atoms with van der Waals surface area (Å²) in [5.41, 5.74) is 0.382. The second kappa shape index (κ2) is 8.40. The van der Waals surface area contributed by atoms with Crippen molar-refractivity contribution >= 4 is 22.4 Å². The molecule has 0 atom stereocenters. The van der Waals surface area contributed by atoms with Crippen molar-refractivity contribution in [3.05, 3.63) is 69.0 Å². The first kappa shape index (κ1) is 19.2. The van der Waals surface area contributed by atoms with Gasteiger partial charge in [-0.1, -0.05) is 30.3 Å². The van der Waals surface area contributed by atoms with Gasteiger partial charge in [0.2, 0.25) is 5.91 Å². The SMILES string of the molecule is COCCNC(=O)Cn1nc(-c2cccc([N+](=O)[O-])c2)c2ccccc2c1=O. The molecule has 2 aromatic carbocycles. The minimum absolute atomic E-state index is 0.0848. The fraction of sp³-hybridized carbons (Fsp3) is 0.211. The van der Waals surface area contributed by atoms with Crippen molar-refractivity contribution in [2.24, 2.45) is 0 Å². The number of methoxy groups -OCH3 is 1. The van der Waals surface area contributed by atoms with Crippen molar-refractivity contribution < 1.29 is 14.5 Å². The third-order valence-corrected chi connectivity index (χ3v) is 4.12. The van der Waals surface area contributed by atoms with Crippen molar-refractivity contribution in [2.75, 3.05) is 20.3 Å². The number of hydrogen-bond acceptors (Lipinski definition) is 6. The van der Waals surface area contributed by atoms with E-state index in [1.807, 2.05) is 0 Å². The van der Waals surface area contributed by atoms with E-state index in [0.29, 0.717) is 35.2 Å². The molecule has 3 rings (SSSR count). The van der Waals surface area contributed by atoms with Crippen LogP contribution in [-0.2, 0) is 16.1 Å². The van der Waals surface area contributed by atoms with Crippen LogP contribution in [0.3, 0.4) is 0 Å². The summed E-state index contributed by atoms with van der Waals surface area (Å²) in [6, 6.07) is 12.8. The molecule has 0 unspecified atom stereocenters. The maximum absolute atomic E-state index is 12.7. The van der Waals surface area contributed by atoms with E-state index in [1.54, 1.807) is 36.4 Å². The monoisotopic (exact) mass is 382 g/mol. The standard InChI is InChI=1S/C19H18N4O5/c1-28-10-9-20-17(24)12-22-19(25)16-8-3-2-7-15(16)18(21-22)13-5-4-6-14(11-13)23(26)27/h2-8,11H,9-10,12H2,1H3,(H,20,24). The van der Waals surface area contributed by atoms with Crippen LogP contribution < -0.4 is 10.9 Å². The van der Waals surface area contributed by atoms with Gasteiger partial charge in [0.1, 0.15) is 6.54 Å². The third-order valence-electron chi connectivity index (χ3n) is 4.12. The van der Waals surface area contributed by atoms with Crippen molar-refractivity contribution in [2.45, 2.75) is 6.54 Å². The van der Waals surface area contributed by atoms with E-state index < -0.39 is 10.5 Å². The zero-order valence-electron chi connectivity index (χ0n) is 15.1. The average molecular weight is 382 g/mol. The van der Waals surface area contributed by atoms with Crippen LogP contribution >= 0.6 is 0 Å². The molecule has 0 spiro atoms. The Morgan fingerprint density at radius 3 is 2.68 bits per heavy atom. The number of amides is 1. The topological polar surface area (TPSA) is 116 Å². The predicted molar refractivity (Wildman–Crippen MR) is 103 cm³/mol. The number of carbonyl (C=O) groups is 1. The molecule has 0 fully saturated rings. The van der Waals surface area contributed by atoms with Gasteiger partial charge in [0.05, 0.1) is 22.6 Å². The molecule has 0 bridgehead atoms. The summed E-state index contributed by atoms with van der Waals surface area (Å²) < 4.78 is 5.95. The molecule has 9 heteroatoms. The Morgan fingerprint density at radius 1 is 1.21 bits per heavy atom. The number of fused-ring (bicyclic) bond motifs is 1. The van der Waals surface area contributed by atoms with E-state index in [2.05, 4.69) is 10.4 Å². The number of nitro benzene ring substituents is 1. The quantitative estimate of drug-likeness (QED) is 0.378. The zero-order valence-corrected chi connectivity index (χ0v) is 15.1. The minimum atomic E-state index is -0.495. The minimum Gasteiger partial charge on any atom is -0.383 e. The van der Waals surface area contributed by atoms with Gasteiger partial charge in [-0.05, 0) is 6.07 Å². The number of ether oxygens (including phenoxy) is 1. The maximum atomic E-state index is 12.7. The Morgan fingerprint density at radius 2 is 1.96 bits per heavy atom. The number of hydrogen-bond donors (Lipinski definition) is 1. The first-order valence-electron chi connectivity index (χ1n) is 8.51. The number of benzene rings is 2. The average Bonchev–Trinajstić information content (AvgIpc) is 2.70. The normalized spacial score (nSPS) is 10.8. The number of nitro groups is 1. The predicted octanol–water partition coefficient (Wildman–Crippen LogP) is 1.73. The number of non-ortho nitro benzene ring substituents is 1. The van der Waals surface area contributed by atoms with Crippen LogP contribution in [0, 0.1) is 10.1 Å². The lowest BCUT2D eigenvalue weighted by Gasteiger charge is -2.11. The molecule has 0 aliphatic rings. The van der Waals surface area contributed by atoms with Crippen LogP contribution in [0.4, 0.5) is 5.69 Å². The number of carbonyl (C=O) groups excluding carboxylic acids is 1. The summed E-state index contributed by atoms with van der Waals surface area (Å²) in [6.07, 6.45) is 0. The first-order valence-corrected chi connectivity index (χ1v) is 8.51. The largest absolute Gasteiger partial charge is 0.383 e. The summed E-state index contributed by atoms with van der Waals surface area (Å²) in [5.74, 6) is -0.382. The highest BCUT2D eigenvalue weighted by molar-refractivity contribution is 5.94. The van der Waals surface area contributed by atoms with Gasteiger partial charge in [-0.2, -0.15) is 5.10 Å². The summed E-state index contributed by atoms with van der Waals surface area (Å²) in [7, 11) is 1.52. The molecule has 28 heavy (non-hydrogen) atoms. The lowest BCUT2D eigenvalue weighted by atomic mass is 10.0. The summed E-state index contributed by atoms with van der Waals surface area (Å²) in [5, 5.41) is 19.0. The Kier molecular flexibility index (Phi) is 5.75. The Balaban J connectivity index is 2.08. The van der Waals surface area contributed by atoms with Gasteiger partial charge < -0.3 is 10.1 Å². The molecule has 1 heterocycles. The lowest BCUT2D eigenvalue weighted by molar-refractivity contribution is -0.384. The number of nitrogens with one attached hydrogen (secondary N) is 1. The van der Waals surface area contributed by atoms with Crippen LogP contribution in [0.25, 0.3) is 22.0 Å². The molecule has 0 saturated heterocycles. The van der Waals surface area contributed by atoms with Gasteiger partial charge in [0.15, 0.2) is 0 Å². The summed E-state index contributed by atoms with van der Waals surface area (Å²) in [6.45, 7) is 0.398. The number of aromatic nitrogens is 2. The molecule has 0 saturated carbocycles. The van der Waals surface area contributed by atoms with Gasteiger partial charge in [0, 0.05) is 36.7 Å². The van der Waals surface area contributed by atoms with Gasteiger partial charge >= 0.3 is 0 Å². The van der Waals surface area contributed by atoms with E-state index in [0.717, 1.165) is 4.68 Å². The van der Waals surface area contributed by atoms with Gasteiger partial charge in [-0.3, -0.25) is 19.7 Å². The molecule has 0 aliphatic heterocycles. The molecule has 3 aromatic rings. The van der Waals surface area contributed by atoms with Crippen molar-refractivity contribution in [3.63, 3.8) is 0 Å². The summed E-state index contributed by atoms with van der Waals surface area (Å²) >= 11 is 0. The zero-order chi connectivity index (χ0) is 20.1. The molecule has 9 nitrogen and oxygen atoms in total. The van der Waals surface area contributed by atoms with Crippen molar-refractivity contribution in [1.29, 1.82) is 0 Å². The van der Waals surface area contributed by atoms with E-state index in [1.165, 1.54) is 19.2 Å². The molecule has 0 radical (unpaired) electrons. The summed E-state index contributed by atoms with van der Waals surface area (Å²) in [4.78, 5) is 35.5. The molecule has 0 aliphatic carbocycles. The van der Waals surface area contributed by atoms with Gasteiger partial charge in [-0.25, -0.2) is 4.68 Å². The Bertz CT molecular complexity index is 1090. The molecule has 1 aromatic heterocycles. The first-order chi connectivity index (χ1) is 13.5. The van der Waals surface area contributed by atoms with Crippen molar-refractivity contribution in [1.82, 2.24) is 15.1 Å². The molecular formula is C19H18N4O5. The number of nitrogens with zero attached hydrogens (tertiary/aromatic N) is 3. The van der Waals surface area contributed by atoms with E-state index in [9.17, 15) is 19.7 Å². The molecule has 144 valence electrons. The van der Waals surface area contributed by atoms with Crippen LogP contribution in [0.15, 0.2) is 53.3 Å². The van der Waals surface area contributed by atoms with Crippen LogP contribution in [-0.4, -0.2) is 40.9 Å². The second-order valence-electron chi connectivity index (χ2n) is 6.01. The second-order valence-corrected chi connectivity index (χ2v) is 6.01. The molecular weight excluding hydrogens is 364 g/mol. The number of rotatable bonds is 7. The van der Waals surface area contributed by atoms with E-state index >= 15 is 0 Å². The van der Waals surface area contributed by atoms with E-state index in [4.69, 9.17) is 4.74 Å². The van der Waals surface area contributed by atoms with Crippen LogP contribution in [0.5, 0.6) is 0 Å². The highest BCUT2D eigenvalue weighted by Crippen LogP contribution is 2.27. The van der Waals surface area contributed by atoms with E-state index in [-0.39, 0.29) is 18.1 Å². The highest BCUT2D eigenvalue weighted by atomic mass is 16.6. The van der Waals surface area contributed by atoms with Crippen LogP contribution in [0.1, 0.15) is 0 Å². The fourth-order valence-electron chi connectivity index (χ4n) is 2.81. The lowest BCUT2D eigenvalue weighted by Crippen LogP contribution is -2.35. The smallest absolute Gasteiger partial charge is 0.275 e. The fourth-order valence-corrected chi connectivity index (χ4v) is 2.81. The van der Waals surface area contributed by atoms with Crippen molar-refractivity contribution in [3.8, 4) is 11.3 Å². The Hall–Kier alpha value is -3.59.